The van der Waals surface area contributed by atoms with E-state index < -0.39 is 18.2 Å². The van der Waals surface area contributed by atoms with E-state index in [0.29, 0.717) is 29.2 Å². The Hall–Kier alpha value is -3.69. The van der Waals surface area contributed by atoms with E-state index in [1.165, 1.54) is 11.3 Å². The molecular weight excluding hydrogens is 500 g/mol. The molecule has 2 saturated heterocycles. The molecule has 0 radical (unpaired) electrons. The van der Waals surface area contributed by atoms with Crippen LogP contribution in [0.25, 0.3) is 0 Å². The summed E-state index contributed by atoms with van der Waals surface area (Å²) in [7, 11) is 0. The average Bonchev–Trinajstić information content (AvgIpc) is 3.58. The molecule has 2 aliphatic rings. The molecule has 0 aliphatic carbocycles. The van der Waals surface area contributed by atoms with Gasteiger partial charge >= 0.3 is 6.09 Å². The van der Waals surface area contributed by atoms with Gasteiger partial charge in [0.1, 0.15) is 0 Å². The number of carbonyl (C=O) groups excluding carboxylic acids is 3. The highest BCUT2D eigenvalue weighted by atomic mass is 32.1. The zero-order chi connectivity index (χ0) is 26.6. The van der Waals surface area contributed by atoms with Crippen molar-refractivity contribution in [3.8, 4) is 0 Å². The van der Waals surface area contributed by atoms with Gasteiger partial charge in [-0.05, 0) is 48.2 Å². The lowest BCUT2D eigenvalue weighted by atomic mass is 9.99. The van der Waals surface area contributed by atoms with Crippen molar-refractivity contribution < 1.29 is 19.1 Å². The minimum atomic E-state index is -0.775. The van der Waals surface area contributed by atoms with Crippen molar-refractivity contribution in [1.29, 1.82) is 0 Å². The summed E-state index contributed by atoms with van der Waals surface area (Å²) in [6.45, 7) is 8.22. The maximum absolute atomic E-state index is 13.9. The van der Waals surface area contributed by atoms with Gasteiger partial charge in [0.05, 0.1) is 11.4 Å². The van der Waals surface area contributed by atoms with Gasteiger partial charge < -0.3 is 19.9 Å². The maximum Gasteiger partial charge on any atom is 0.411 e. The van der Waals surface area contributed by atoms with Gasteiger partial charge in [0, 0.05) is 31.9 Å². The fourth-order valence-electron chi connectivity index (χ4n) is 5.03. The largest absolute Gasteiger partial charge is 0.438 e. The van der Waals surface area contributed by atoms with Crippen molar-refractivity contribution in [3.63, 3.8) is 0 Å². The molecule has 0 saturated carbocycles. The lowest BCUT2D eigenvalue weighted by Crippen LogP contribution is -2.54. The number of hydrogen-bond acceptors (Lipinski definition) is 6. The fraction of sp³-hybridized carbons (Fsp3) is 0.345. The molecule has 2 atom stereocenters. The fourth-order valence-corrected chi connectivity index (χ4v) is 5.65. The van der Waals surface area contributed by atoms with Crippen molar-refractivity contribution >= 4 is 34.9 Å². The van der Waals surface area contributed by atoms with Crippen LogP contribution in [0.3, 0.4) is 0 Å². The normalized spacial score (nSPS) is 19.9. The Bertz CT molecular complexity index is 1290. The average molecular weight is 533 g/mol. The topological polar surface area (TPSA) is 82.2 Å². The molecule has 1 N–H and O–H groups in total. The number of nitrogens with zero attached hydrogens (tertiary/aromatic N) is 3. The molecule has 0 bridgehead atoms. The zero-order valence-electron chi connectivity index (χ0n) is 21.6. The van der Waals surface area contributed by atoms with Crippen molar-refractivity contribution in [2.45, 2.75) is 32.5 Å². The van der Waals surface area contributed by atoms with Gasteiger partial charge in [-0.1, -0.05) is 55.0 Å². The van der Waals surface area contributed by atoms with E-state index in [2.05, 4.69) is 17.1 Å². The van der Waals surface area contributed by atoms with Crippen LogP contribution in [0.4, 0.5) is 10.5 Å². The summed E-state index contributed by atoms with van der Waals surface area (Å²) in [5, 5.41) is 4.74. The number of hydrogen-bond donors (Lipinski definition) is 1. The van der Waals surface area contributed by atoms with Gasteiger partial charge in [-0.2, -0.15) is 0 Å². The minimum Gasteiger partial charge on any atom is -0.438 e. The predicted molar refractivity (Wildman–Crippen MR) is 147 cm³/mol. The third-order valence-corrected chi connectivity index (χ3v) is 8.02. The molecular formula is C29H32N4O4S. The summed E-state index contributed by atoms with van der Waals surface area (Å²) < 4.78 is 5.85. The van der Waals surface area contributed by atoms with E-state index >= 15 is 0 Å². The van der Waals surface area contributed by atoms with E-state index in [-0.39, 0.29) is 18.4 Å². The monoisotopic (exact) mass is 532 g/mol. The Kier molecular flexibility index (Phi) is 7.76. The maximum atomic E-state index is 13.9. The number of cyclic esters (lactones) is 1. The molecule has 8 nitrogen and oxygen atoms in total. The van der Waals surface area contributed by atoms with Crippen molar-refractivity contribution in [2.24, 2.45) is 0 Å². The van der Waals surface area contributed by atoms with Crippen LogP contribution >= 0.6 is 11.3 Å². The Balaban J connectivity index is 1.39. The molecule has 198 valence electrons. The first-order valence-corrected chi connectivity index (χ1v) is 13.8. The molecule has 2 fully saturated rings. The number of piperazine rings is 1. The quantitative estimate of drug-likeness (QED) is 0.483. The van der Waals surface area contributed by atoms with Gasteiger partial charge in [0.25, 0.3) is 5.91 Å². The molecule has 1 aromatic heterocycles. The first-order chi connectivity index (χ1) is 18.4. The molecule has 2 aliphatic heterocycles. The van der Waals surface area contributed by atoms with Crippen LogP contribution in [0, 0.1) is 6.92 Å². The van der Waals surface area contributed by atoms with Gasteiger partial charge in [0.15, 0.2) is 12.1 Å². The Labute approximate surface area is 226 Å². The van der Waals surface area contributed by atoms with Crippen LogP contribution < -0.4 is 5.32 Å². The van der Waals surface area contributed by atoms with Crippen LogP contribution in [-0.4, -0.2) is 71.4 Å². The van der Waals surface area contributed by atoms with Crippen molar-refractivity contribution in [3.05, 3.63) is 87.6 Å². The molecule has 3 amide bonds. The van der Waals surface area contributed by atoms with Crippen LogP contribution in [0.1, 0.15) is 39.4 Å². The summed E-state index contributed by atoms with van der Waals surface area (Å²) in [5.74, 6) is -0.275. The number of likely N-dealkylation sites (N-methyl/N-ethyl adjacent to an activating group) is 1. The third-order valence-electron chi connectivity index (χ3n) is 7.15. The number of amides is 3. The second kappa shape index (κ2) is 11.4. The molecule has 3 heterocycles. The third kappa shape index (κ3) is 5.58. The van der Waals surface area contributed by atoms with Crippen molar-refractivity contribution in [2.75, 3.05) is 38.0 Å². The number of nitrogens with one attached hydrogen (secondary N) is 1. The number of anilines is 1. The SMILES string of the molecule is CCN1CCN(C(=O)[C@H]2[C@@H](c3ccc(NC(=O)c4cccs4)cc3)OC(=O)N2Cc2cccc(C)c2)CC1. The minimum absolute atomic E-state index is 0.0978. The smallest absolute Gasteiger partial charge is 0.411 e. The van der Waals surface area contributed by atoms with Crippen molar-refractivity contribution in [1.82, 2.24) is 14.7 Å². The molecule has 5 rings (SSSR count). The summed E-state index contributed by atoms with van der Waals surface area (Å²) in [6, 6.07) is 17.9. The first-order valence-electron chi connectivity index (χ1n) is 12.9. The van der Waals surface area contributed by atoms with Crippen LogP contribution in [0.5, 0.6) is 0 Å². The van der Waals surface area contributed by atoms with E-state index in [9.17, 15) is 14.4 Å². The molecule has 2 aromatic carbocycles. The number of carbonyl (C=O) groups is 3. The van der Waals surface area contributed by atoms with E-state index in [0.717, 1.165) is 30.8 Å². The van der Waals surface area contributed by atoms with E-state index in [4.69, 9.17) is 4.74 Å². The highest BCUT2D eigenvalue weighted by molar-refractivity contribution is 7.12. The highest BCUT2D eigenvalue weighted by Gasteiger charge is 2.48. The Morgan fingerprint density at radius 2 is 1.79 bits per heavy atom. The second-order valence-electron chi connectivity index (χ2n) is 9.68. The number of ether oxygens (including phenoxy) is 1. The first kappa shape index (κ1) is 25.9. The van der Waals surface area contributed by atoms with E-state index in [1.54, 1.807) is 23.1 Å². The number of rotatable bonds is 7. The van der Waals surface area contributed by atoms with Gasteiger partial charge in [0.2, 0.25) is 5.91 Å². The lowest BCUT2D eigenvalue weighted by Gasteiger charge is -2.37. The molecule has 9 heteroatoms. The zero-order valence-corrected chi connectivity index (χ0v) is 22.4. The number of benzene rings is 2. The summed E-state index contributed by atoms with van der Waals surface area (Å²) in [5.41, 5.74) is 3.38. The van der Waals surface area contributed by atoms with Crippen LogP contribution in [0.15, 0.2) is 66.0 Å². The molecule has 0 unspecified atom stereocenters. The summed E-state index contributed by atoms with van der Waals surface area (Å²) >= 11 is 1.37. The Morgan fingerprint density at radius 3 is 2.45 bits per heavy atom. The van der Waals surface area contributed by atoms with Gasteiger partial charge in [-0.15, -0.1) is 11.3 Å². The van der Waals surface area contributed by atoms with E-state index in [1.807, 2.05) is 59.7 Å². The standard InChI is InChI=1S/C29H32N4O4S/c1-3-31-13-15-32(16-14-31)28(35)25-26(37-29(36)33(25)19-21-7-4-6-20(2)18-21)22-9-11-23(12-10-22)30-27(34)24-8-5-17-38-24/h4-12,17-18,25-26H,3,13-16,19H2,1-2H3,(H,30,34)/t25-,26-/m1/s1. The second-order valence-corrected chi connectivity index (χ2v) is 10.6. The molecule has 3 aromatic rings. The molecule has 38 heavy (non-hydrogen) atoms. The summed E-state index contributed by atoms with van der Waals surface area (Å²) in [4.78, 5) is 45.8. The predicted octanol–water partition coefficient (Wildman–Crippen LogP) is 4.54. The summed E-state index contributed by atoms with van der Waals surface area (Å²) in [6.07, 6.45) is -1.25. The Morgan fingerprint density at radius 1 is 1.03 bits per heavy atom. The van der Waals surface area contributed by atoms with Gasteiger partial charge in [-0.3, -0.25) is 14.5 Å². The molecule has 0 spiro atoms. The highest BCUT2D eigenvalue weighted by Crippen LogP contribution is 2.36. The van der Waals surface area contributed by atoms with Crippen LogP contribution in [0.2, 0.25) is 0 Å². The lowest BCUT2D eigenvalue weighted by molar-refractivity contribution is -0.138. The number of aryl methyl sites for hydroxylation is 1. The number of thiophene rings is 1. The van der Waals surface area contributed by atoms with Gasteiger partial charge in [-0.25, -0.2) is 4.79 Å². The van der Waals surface area contributed by atoms with Crippen LogP contribution in [-0.2, 0) is 16.1 Å².